The molecule has 2 N–H and O–H groups in total. The molecule has 0 spiro atoms. The predicted octanol–water partition coefficient (Wildman–Crippen LogP) is 5.77. The van der Waals surface area contributed by atoms with E-state index in [4.69, 9.17) is 0 Å². The van der Waals surface area contributed by atoms with Crippen LogP contribution in [-0.2, 0) is 0 Å². The van der Waals surface area contributed by atoms with Gasteiger partial charge in [0.05, 0.1) is 12.2 Å². The summed E-state index contributed by atoms with van der Waals surface area (Å²) in [6.45, 7) is 5.18. The van der Waals surface area contributed by atoms with Gasteiger partial charge in [0, 0.05) is 0 Å². The molecule has 4 aliphatic carbocycles. The normalized spacial score (nSPS) is 50.8. The van der Waals surface area contributed by atoms with E-state index in [2.05, 4.69) is 19.9 Å². The molecule has 0 bridgehead atoms. The predicted molar refractivity (Wildman–Crippen MR) is 123 cm³/mol. The number of aliphatic hydroxyl groups is 2. The van der Waals surface area contributed by atoms with E-state index in [1.165, 1.54) is 63.7 Å². The van der Waals surface area contributed by atoms with Gasteiger partial charge in [0.15, 0.2) is 0 Å². The Bertz CT molecular complexity index is 643. The van der Waals surface area contributed by atoms with Crippen molar-refractivity contribution in [3.63, 3.8) is 0 Å². The van der Waals surface area contributed by atoms with E-state index in [1.54, 1.807) is 5.57 Å². The highest BCUT2D eigenvalue weighted by atomic mass is 31.1. The SMILES string of the molecule is CC12CCC(O)CC1=CCC1C2CCC2(C)C(CCCC(O)C3CPC3)CCC12. The first-order chi connectivity index (χ1) is 13.9. The van der Waals surface area contributed by atoms with E-state index in [0.29, 0.717) is 16.7 Å². The lowest BCUT2D eigenvalue weighted by atomic mass is 9.47. The minimum absolute atomic E-state index is 0.0134. The van der Waals surface area contributed by atoms with Crippen LogP contribution >= 0.6 is 8.58 Å². The fraction of sp³-hybridized carbons (Fsp3) is 0.923. The van der Waals surface area contributed by atoms with Crippen molar-refractivity contribution in [3.05, 3.63) is 11.6 Å². The summed E-state index contributed by atoms with van der Waals surface area (Å²) < 4.78 is 0. The Labute approximate surface area is 180 Å². The Morgan fingerprint density at radius 1 is 1.10 bits per heavy atom. The second kappa shape index (κ2) is 7.90. The zero-order chi connectivity index (χ0) is 20.2. The van der Waals surface area contributed by atoms with Crippen LogP contribution in [0.25, 0.3) is 0 Å². The molecule has 0 aromatic carbocycles. The van der Waals surface area contributed by atoms with Gasteiger partial charge in [-0.1, -0.05) is 31.9 Å². The van der Waals surface area contributed by atoms with Crippen LogP contribution in [0, 0.1) is 40.4 Å². The monoisotopic (exact) mass is 418 g/mol. The summed E-state index contributed by atoms with van der Waals surface area (Å²) >= 11 is 0. The fourth-order valence-electron chi connectivity index (χ4n) is 8.62. The minimum atomic E-state index is -0.0913. The van der Waals surface area contributed by atoms with E-state index >= 15 is 0 Å². The van der Waals surface area contributed by atoms with E-state index < -0.39 is 0 Å². The molecule has 29 heavy (non-hydrogen) atoms. The van der Waals surface area contributed by atoms with E-state index in [-0.39, 0.29) is 12.2 Å². The Kier molecular flexibility index (Phi) is 5.71. The number of hydrogen-bond acceptors (Lipinski definition) is 2. The van der Waals surface area contributed by atoms with Crippen molar-refractivity contribution in [2.75, 3.05) is 12.3 Å². The van der Waals surface area contributed by atoms with Crippen LogP contribution in [0.5, 0.6) is 0 Å². The fourth-order valence-corrected chi connectivity index (χ4v) is 9.78. The molecule has 0 aromatic heterocycles. The molecule has 2 nitrogen and oxygen atoms in total. The first kappa shape index (κ1) is 21.0. The van der Waals surface area contributed by atoms with Gasteiger partial charge >= 0.3 is 0 Å². The molecule has 0 amide bonds. The molecule has 4 fully saturated rings. The average molecular weight is 419 g/mol. The maximum absolute atomic E-state index is 10.4. The van der Waals surface area contributed by atoms with Crippen LogP contribution in [-0.4, -0.2) is 34.7 Å². The molecule has 0 radical (unpaired) electrons. The van der Waals surface area contributed by atoms with Crippen LogP contribution < -0.4 is 0 Å². The third-order valence-corrected chi connectivity index (χ3v) is 12.3. The van der Waals surface area contributed by atoms with Gasteiger partial charge in [-0.05, 0) is 117 Å². The highest BCUT2D eigenvalue weighted by molar-refractivity contribution is 7.39. The van der Waals surface area contributed by atoms with Crippen LogP contribution in [0.2, 0.25) is 0 Å². The number of hydrogen-bond donors (Lipinski definition) is 2. The first-order valence-electron chi connectivity index (χ1n) is 12.7. The topological polar surface area (TPSA) is 40.5 Å². The van der Waals surface area contributed by atoms with Crippen LogP contribution in [0.3, 0.4) is 0 Å². The van der Waals surface area contributed by atoms with Crippen molar-refractivity contribution in [2.24, 2.45) is 40.4 Å². The molecule has 1 heterocycles. The van der Waals surface area contributed by atoms with Crippen LogP contribution in [0.4, 0.5) is 0 Å². The van der Waals surface area contributed by atoms with Gasteiger partial charge in [-0.15, -0.1) is 8.58 Å². The molecule has 3 saturated carbocycles. The highest BCUT2D eigenvalue weighted by Gasteiger charge is 2.58. The van der Waals surface area contributed by atoms with Gasteiger partial charge in [0.25, 0.3) is 0 Å². The third-order valence-electron chi connectivity index (χ3n) is 10.7. The van der Waals surface area contributed by atoms with Gasteiger partial charge in [0.1, 0.15) is 0 Å². The maximum Gasteiger partial charge on any atom is 0.0577 e. The largest absolute Gasteiger partial charge is 0.393 e. The van der Waals surface area contributed by atoms with E-state index in [0.717, 1.165) is 51.5 Å². The summed E-state index contributed by atoms with van der Waals surface area (Å²) in [4.78, 5) is 0. The summed E-state index contributed by atoms with van der Waals surface area (Å²) in [6, 6.07) is 0. The van der Waals surface area contributed by atoms with Crippen molar-refractivity contribution >= 4 is 8.58 Å². The molecular formula is C26H43O2P. The molecule has 5 rings (SSSR count). The van der Waals surface area contributed by atoms with Gasteiger partial charge in [-0.25, -0.2) is 0 Å². The standard InChI is InChI=1S/C26H43O2P/c1-25-13-11-23-21(8-6-19-14-20(27)10-12-26(19,23)2)22(25)9-7-18(25)4-3-5-24(28)17-15-29-16-17/h6,17-18,20-24,27-29H,3-5,7-16H2,1-2H3. The Balaban J connectivity index is 1.24. The second-order valence-electron chi connectivity index (χ2n) is 11.9. The van der Waals surface area contributed by atoms with Crippen molar-refractivity contribution in [3.8, 4) is 0 Å². The van der Waals surface area contributed by atoms with Crippen molar-refractivity contribution in [1.82, 2.24) is 0 Å². The smallest absolute Gasteiger partial charge is 0.0577 e. The quantitative estimate of drug-likeness (QED) is 0.440. The van der Waals surface area contributed by atoms with Crippen LogP contribution in [0.1, 0.15) is 84.5 Å². The molecule has 3 heteroatoms. The number of allylic oxidation sites excluding steroid dienone is 1. The highest BCUT2D eigenvalue weighted by Crippen LogP contribution is 2.66. The van der Waals surface area contributed by atoms with Crippen molar-refractivity contribution in [2.45, 2.75) is 96.7 Å². The zero-order valence-electron chi connectivity index (χ0n) is 18.7. The molecule has 0 aromatic rings. The van der Waals surface area contributed by atoms with Gasteiger partial charge in [-0.3, -0.25) is 0 Å². The third kappa shape index (κ3) is 3.48. The molecule has 164 valence electrons. The Morgan fingerprint density at radius 3 is 2.69 bits per heavy atom. The van der Waals surface area contributed by atoms with Crippen molar-refractivity contribution in [1.29, 1.82) is 0 Å². The molecule has 8 unspecified atom stereocenters. The number of fused-ring (bicyclic) bond motifs is 5. The lowest BCUT2D eigenvalue weighted by molar-refractivity contribution is -0.0512. The molecule has 5 aliphatic rings. The van der Waals surface area contributed by atoms with Gasteiger partial charge in [0.2, 0.25) is 0 Å². The van der Waals surface area contributed by atoms with E-state index in [9.17, 15) is 10.2 Å². The summed E-state index contributed by atoms with van der Waals surface area (Å²) in [5.41, 5.74) is 2.51. The summed E-state index contributed by atoms with van der Waals surface area (Å²) in [6.07, 6.45) is 18.8. The maximum atomic E-state index is 10.4. The molecular weight excluding hydrogens is 375 g/mol. The summed E-state index contributed by atoms with van der Waals surface area (Å²) in [7, 11) is 1.12. The Hall–Kier alpha value is 0.0900. The lowest BCUT2D eigenvalue weighted by Gasteiger charge is -2.58. The van der Waals surface area contributed by atoms with Gasteiger partial charge < -0.3 is 10.2 Å². The second-order valence-corrected chi connectivity index (χ2v) is 13.2. The molecule has 1 aliphatic heterocycles. The zero-order valence-corrected chi connectivity index (χ0v) is 19.7. The Morgan fingerprint density at radius 2 is 1.93 bits per heavy atom. The van der Waals surface area contributed by atoms with Gasteiger partial charge in [-0.2, -0.15) is 0 Å². The van der Waals surface area contributed by atoms with Crippen molar-refractivity contribution < 1.29 is 10.2 Å². The number of rotatable bonds is 5. The average Bonchev–Trinajstić information content (AvgIpc) is 2.97. The van der Waals surface area contributed by atoms with Crippen LogP contribution in [0.15, 0.2) is 11.6 Å². The summed E-state index contributed by atoms with van der Waals surface area (Å²) in [5.74, 6) is 4.16. The minimum Gasteiger partial charge on any atom is -0.393 e. The lowest BCUT2D eigenvalue weighted by Crippen LogP contribution is -2.50. The summed E-state index contributed by atoms with van der Waals surface area (Å²) in [5, 5.41) is 20.6. The van der Waals surface area contributed by atoms with E-state index in [1.807, 2.05) is 0 Å². The molecule has 8 atom stereocenters. The number of aliphatic hydroxyl groups excluding tert-OH is 2. The first-order valence-corrected chi connectivity index (χ1v) is 14.1. The molecule has 1 saturated heterocycles.